The molecule has 0 spiro atoms. The highest BCUT2D eigenvalue weighted by Crippen LogP contribution is 2.11. The summed E-state index contributed by atoms with van der Waals surface area (Å²) in [5.74, 6) is -0.668. The van der Waals surface area contributed by atoms with Crippen LogP contribution in [0.2, 0.25) is 0 Å². The van der Waals surface area contributed by atoms with E-state index in [2.05, 4.69) is 41.7 Å². The number of aryl methyl sites for hydroxylation is 3. The minimum atomic E-state index is -0.374. The zero-order valence-electron chi connectivity index (χ0n) is 16.8. The molecule has 0 radical (unpaired) electrons. The number of hydrogen-bond donors (Lipinski definition) is 1. The van der Waals surface area contributed by atoms with Gasteiger partial charge in [0.2, 0.25) is 5.91 Å². The molecule has 0 fully saturated rings. The Morgan fingerprint density at radius 2 is 1.41 bits per heavy atom. The fraction of sp³-hybridized carbons (Fsp3) is 0.240. The van der Waals surface area contributed by atoms with Crippen LogP contribution in [0.1, 0.15) is 39.9 Å². The van der Waals surface area contributed by atoms with Crippen molar-refractivity contribution in [2.75, 3.05) is 0 Å². The average Bonchev–Trinajstić information content (AvgIpc) is 2.73. The van der Waals surface area contributed by atoms with E-state index in [1.54, 1.807) is 22.9 Å². The number of aromatic nitrogens is 1. The molecule has 148 valence electrons. The van der Waals surface area contributed by atoms with Gasteiger partial charge < -0.3 is 0 Å². The Bertz CT molecular complexity index is 950. The normalized spacial score (nSPS) is 10.5. The lowest BCUT2D eigenvalue weighted by Crippen LogP contribution is -2.34. The number of pyridine rings is 1. The second-order valence-electron chi connectivity index (χ2n) is 7.32. The van der Waals surface area contributed by atoms with Gasteiger partial charge in [-0.2, -0.15) is 0 Å². The number of nitrogens with zero attached hydrogens (tertiary/aromatic N) is 1. The molecule has 3 aromatic rings. The molecule has 2 amide bonds. The van der Waals surface area contributed by atoms with Crippen molar-refractivity contribution >= 4 is 11.8 Å². The molecule has 0 saturated carbocycles. The van der Waals surface area contributed by atoms with Crippen molar-refractivity contribution in [3.8, 4) is 0 Å². The van der Waals surface area contributed by atoms with Crippen molar-refractivity contribution in [1.29, 1.82) is 0 Å². The largest absolute Gasteiger partial charge is 0.292 e. The van der Waals surface area contributed by atoms with Crippen LogP contribution >= 0.6 is 0 Å². The van der Waals surface area contributed by atoms with Crippen LogP contribution in [0.5, 0.6) is 0 Å². The van der Waals surface area contributed by atoms with Crippen LogP contribution in [0, 0.1) is 0 Å². The third-order valence-electron chi connectivity index (χ3n) is 4.87. The summed E-state index contributed by atoms with van der Waals surface area (Å²) in [7, 11) is 1.84. The second kappa shape index (κ2) is 10.3. The molecule has 0 aliphatic heterocycles. The predicted octanol–water partition coefficient (Wildman–Crippen LogP) is 3.58. The zero-order chi connectivity index (χ0) is 20.5. The fourth-order valence-corrected chi connectivity index (χ4v) is 3.28. The summed E-state index contributed by atoms with van der Waals surface area (Å²) in [6, 6.07) is 22.1. The van der Waals surface area contributed by atoms with Crippen molar-refractivity contribution in [3.05, 3.63) is 101 Å². The van der Waals surface area contributed by atoms with Crippen LogP contribution in [0.3, 0.4) is 0 Å². The van der Waals surface area contributed by atoms with E-state index >= 15 is 0 Å². The van der Waals surface area contributed by atoms with E-state index in [-0.39, 0.29) is 18.2 Å². The summed E-state index contributed by atoms with van der Waals surface area (Å²) in [6.45, 7) is 0. The minimum absolute atomic E-state index is 0.193. The number of carbonyl (C=O) groups is 2. The predicted molar refractivity (Wildman–Crippen MR) is 113 cm³/mol. The van der Waals surface area contributed by atoms with Gasteiger partial charge in [0, 0.05) is 6.07 Å². The van der Waals surface area contributed by atoms with E-state index in [0.29, 0.717) is 5.56 Å². The highest BCUT2D eigenvalue weighted by atomic mass is 16.2. The van der Waals surface area contributed by atoms with E-state index in [1.807, 2.05) is 31.4 Å². The third-order valence-corrected chi connectivity index (χ3v) is 4.87. The molecule has 0 atom stereocenters. The molecule has 4 heteroatoms. The Morgan fingerprint density at radius 3 is 2.07 bits per heavy atom. The summed E-state index contributed by atoms with van der Waals surface area (Å²) in [5, 5.41) is 2.45. The first-order chi connectivity index (χ1) is 14.1. The van der Waals surface area contributed by atoms with Gasteiger partial charge in [-0.3, -0.25) is 14.9 Å². The van der Waals surface area contributed by atoms with Crippen molar-refractivity contribution in [1.82, 2.24) is 5.32 Å². The van der Waals surface area contributed by atoms with Crippen molar-refractivity contribution in [2.45, 2.75) is 32.1 Å². The lowest BCUT2D eigenvalue weighted by atomic mass is 10.0. The van der Waals surface area contributed by atoms with Crippen molar-refractivity contribution in [2.24, 2.45) is 7.05 Å². The lowest BCUT2D eigenvalue weighted by Gasteiger charge is -2.06. The summed E-state index contributed by atoms with van der Waals surface area (Å²) in [5.41, 5.74) is 4.03. The Labute approximate surface area is 172 Å². The molecule has 0 unspecified atom stereocenters. The van der Waals surface area contributed by atoms with E-state index < -0.39 is 0 Å². The summed E-state index contributed by atoms with van der Waals surface area (Å²) in [6.07, 6.45) is 8.15. The van der Waals surface area contributed by atoms with Gasteiger partial charge >= 0.3 is 0 Å². The van der Waals surface area contributed by atoms with Gasteiger partial charge in [0.1, 0.15) is 12.6 Å². The van der Waals surface area contributed by atoms with Crippen LogP contribution < -0.4 is 9.88 Å². The molecule has 0 saturated heterocycles. The van der Waals surface area contributed by atoms with Crippen LogP contribution in [-0.4, -0.2) is 11.8 Å². The number of benzene rings is 2. The summed E-state index contributed by atoms with van der Waals surface area (Å²) < 4.78 is 1.78. The SMILES string of the molecule is C[n+]1cccc(C(=O)NC(=O)Cc2ccc(CCCCc3ccccc3)cc2)c1. The van der Waals surface area contributed by atoms with Gasteiger partial charge in [0.05, 0.1) is 6.42 Å². The Balaban J connectivity index is 1.42. The van der Waals surface area contributed by atoms with Crippen molar-refractivity contribution in [3.63, 3.8) is 0 Å². The molecule has 3 rings (SSSR count). The summed E-state index contributed by atoms with van der Waals surface area (Å²) in [4.78, 5) is 24.3. The third kappa shape index (κ3) is 6.68. The Kier molecular flexibility index (Phi) is 7.28. The van der Waals surface area contributed by atoms with Gasteiger partial charge in [-0.15, -0.1) is 0 Å². The van der Waals surface area contributed by atoms with Crippen LogP contribution in [-0.2, 0) is 31.1 Å². The average molecular weight is 388 g/mol. The van der Waals surface area contributed by atoms with Crippen LogP contribution in [0.4, 0.5) is 0 Å². The highest BCUT2D eigenvalue weighted by molar-refractivity contribution is 6.04. The molecular weight excluding hydrogens is 360 g/mol. The number of amides is 2. The van der Waals surface area contributed by atoms with E-state index in [4.69, 9.17) is 0 Å². The number of rotatable bonds is 8. The molecule has 0 aliphatic carbocycles. The summed E-state index contributed by atoms with van der Waals surface area (Å²) >= 11 is 0. The standard InChI is InChI=1S/C25H26N2O2/c1-27-17-7-12-23(19-27)25(29)26-24(28)18-22-15-13-21(14-16-22)11-6-5-10-20-8-3-2-4-9-20/h2-4,7-9,12-17,19H,5-6,10-11,18H2,1H3/p+1. The first kappa shape index (κ1) is 20.5. The molecule has 0 bridgehead atoms. The van der Waals surface area contributed by atoms with Crippen molar-refractivity contribution < 1.29 is 14.2 Å². The first-order valence-electron chi connectivity index (χ1n) is 10.0. The number of nitrogens with one attached hydrogen (secondary N) is 1. The lowest BCUT2D eigenvalue weighted by molar-refractivity contribution is -0.671. The molecule has 1 heterocycles. The first-order valence-corrected chi connectivity index (χ1v) is 10.0. The fourth-order valence-electron chi connectivity index (χ4n) is 3.28. The molecule has 29 heavy (non-hydrogen) atoms. The van der Waals surface area contributed by atoms with Crippen LogP contribution in [0.25, 0.3) is 0 Å². The molecule has 0 aliphatic rings. The van der Waals surface area contributed by atoms with Gasteiger partial charge in [0.15, 0.2) is 12.4 Å². The molecule has 4 nitrogen and oxygen atoms in total. The molecule has 2 aromatic carbocycles. The van der Waals surface area contributed by atoms with Gasteiger partial charge in [-0.05, 0) is 48.4 Å². The smallest absolute Gasteiger partial charge is 0.263 e. The second-order valence-corrected chi connectivity index (χ2v) is 7.32. The van der Waals surface area contributed by atoms with E-state index in [1.165, 1.54) is 11.1 Å². The Morgan fingerprint density at radius 1 is 0.793 bits per heavy atom. The quantitative estimate of drug-likeness (QED) is 0.474. The maximum atomic E-state index is 12.2. The van der Waals surface area contributed by atoms with Gasteiger partial charge in [0.25, 0.3) is 5.91 Å². The molecular formula is C25H27N2O2+. The van der Waals surface area contributed by atoms with Gasteiger partial charge in [-0.25, -0.2) is 4.57 Å². The highest BCUT2D eigenvalue weighted by Gasteiger charge is 2.13. The topological polar surface area (TPSA) is 50.0 Å². The van der Waals surface area contributed by atoms with E-state index in [9.17, 15) is 9.59 Å². The monoisotopic (exact) mass is 387 g/mol. The maximum absolute atomic E-state index is 12.2. The van der Waals surface area contributed by atoms with Gasteiger partial charge in [-0.1, -0.05) is 54.6 Å². The Hall–Kier alpha value is -3.27. The molecule has 1 N–H and O–H groups in total. The molecule has 1 aromatic heterocycles. The maximum Gasteiger partial charge on any atom is 0.263 e. The van der Waals surface area contributed by atoms with E-state index in [0.717, 1.165) is 31.2 Å². The number of hydrogen-bond acceptors (Lipinski definition) is 2. The van der Waals surface area contributed by atoms with Crippen LogP contribution in [0.15, 0.2) is 79.1 Å². The number of unbranched alkanes of at least 4 members (excludes halogenated alkanes) is 1. The number of carbonyl (C=O) groups excluding carboxylic acids is 2. The number of imide groups is 1. The zero-order valence-corrected chi connectivity index (χ0v) is 16.8. The minimum Gasteiger partial charge on any atom is -0.292 e.